The van der Waals surface area contributed by atoms with Crippen molar-refractivity contribution in [1.82, 2.24) is 10.3 Å². The van der Waals surface area contributed by atoms with Crippen LogP contribution in [-0.2, 0) is 6.54 Å². The molecule has 0 saturated heterocycles. The molecule has 2 rings (SSSR count). The lowest BCUT2D eigenvalue weighted by molar-refractivity contribution is 0.415. The first kappa shape index (κ1) is 14.3. The van der Waals surface area contributed by atoms with Crippen molar-refractivity contribution in [3.8, 4) is 16.3 Å². The quantitative estimate of drug-likeness (QED) is 0.906. The minimum atomic E-state index is 0.459. The number of benzene rings is 1. The highest BCUT2D eigenvalue weighted by molar-refractivity contribution is 7.13. The molecule has 0 aliphatic carbocycles. The standard InChI is InChI=1S/C14H17ClN2OS/c1-9(2)16-7-11-8-19-14(17-11)10-4-5-13(18-3)12(15)6-10/h4-6,8-9,16H,7H2,1-3H3. The van der Waals surface area contributed by atoms with Gasteiger partial charge >= 0.3 is 0 Å². The van der Waals surface area contributed by atoms with Gasteiger partial charge in [-0.1, -0.05) is 25.4 Å². The smallest absolute Gasteiger partial charge is 0.137 e. The van der Waals surface area contributed by atoms with E-state index >= 15 is 0 Å². The van der Waals surface area contributed by atoms with E-state index in [1.165, 1.54) is 0 Å². The van der Waals surface area contributed by atoms with Gasteiger partial charge in [0.15, 0.2) is 0 Å². The Balaban J connectivity index is 2.16. The molecule has 19 heavy (non-hydrogen) atoms. The minimum absolute atomic E-state index is 0.459. The number of aromatic nitrogens is 1. The van der Waals surface area contributed by atoms with Gasteiger partial charge in [0, 0.05) is 23.5 Å². The van der Waals surface area contributed by atoms with Crippen LogP contribution in [0.1, 0.15) is 19.5 Å². The summed E-state index contributed by atoms with van der Waals surface area (Å²) in [6, 6.07) is 6.19. The van der Waals surface area contributed by atoms with Gasteiger partial charge in [-0.25, -0.2) is 4.98 Å². The number of rotatable bonds is 5. The van der Waals surface area contributed by atoms with Gasteiger partial charge in [0.2, 0.25) is 0 Å². The molecular formula is C14H17ClN2OS. The second kappa shape index (κ2) is 6.37. The minimum Gasteiger partial charge on any atom is -0.495 e. The number of ether oxygens (including phenoxy) is 1. The van der Waals surface area contributed by atoms with Crippen LogP contribution in [0, 0.1) is 0 Å². The predicted octanol–water partition coefficient (Wildman–Crippen LogP) is 3.97. The molecule has 0 radical (unpaired) electrons. The van der Waals surface area contributed by atoms with Crippen LogP contribution in [-0.4, -0.2) is 18.1 Å². The van der Waals surface area contributed by atoms with Crippen LogP contribution in [0.25, 0.3) is 10.6 Å². The van der Waals surface area contributed by atoms with Crippen molar-refractivity contribution >= 4 is 22.9 Å². The largest absolute Gasteiger partial charge is 0.495 e. The molecule has 0 spiro atoms. The van der Waals surface area contributed by atoms with E-state index in [-0.39, 0.29) is 0 Å². The van der Waals surface area contributed by atoms with Crippen molar-refractivity contribution < 1.29 is 4.74 Å². The molecule has 3 nitrogen and oxygen atoms in total. The molecule has 1 heterocycles. The first-order valence-electron chi connectivity index (χ1n) is 6.12. The van der Waals surface area contributed by atoms with Crippen molar-refractivity contribution in [3.05, 3.63) is 34.3 Å². The van der Waals surface area contributed by atoms with E-state index in [0.29, 0.717) is 16.8 Å². The number of nitrogens with one attached hydrogen (secondary N) is 1. The summed E-state index contributed by atoms with van der Waals surface area (Å²) in [5.74, 6) is 0.684. The molecule has 0 atom stereocenters. The number of halogens is 1. The van der Waals surface area contributed by atoms with Crippen molar-refractivity contribution in [1.29, 1.82) is 0 Å². The average Bonchev–Trinajstić information content (AvgIpc) is 2.85. The molecule has 0 fully saturated rings. The molecule has 0 unspecified atom stereocenters. The maximum atomic E-state index is 6.13. The molecule has 0 aliphatic rings. The Bertz CT molecular complexity index is 554. The first-order valence-corrected chi connectivity index (χ1v) is 7.37. The lowest BCUT2D eigenvalue weighted by Gasteiger charge is -2.05. The molecular weight excluding hydrogens is 280 g/mol. The second-order valence-electron chi connectivity index (χ2n) is 4.53. The van der Waals surface area contributed by atoms with Crippen LogP contribution >= 0.6 is 22.9 Å². The molecule has 1 aromatic carbocycles. The maximum Gasteiger partial charge on any atom is 0.137 e. The number of hydrogen-bond donors (Lipinski definition) is 1. The molecule has 0 amide bonds. The van der Waals surface area contributed by atoms with E-state index in [0.717, 1.165) is 22.8 Å². The Morgan fingerprint density at radius 1 is 1.42 bits per heavy atom. The SMILES string of the molecule is COc1ccc(-c2nc(CNC(C)C)cs2)cc1Cl. The fourth-order valence-electron chi connectivity index (χ4n) is 1.63. The molecule has 102 valence electrons. The maximum absolute atomic E-state index is 6.13. The van der Waals surface area contributed by atoms with Crippen LogP contribution in [0.3, 0.4) is 0 Å². The average molecular weight is 297 g/mol. The van der Waals surface area contributed by atoms with Gasteiger partial charge in [-0.05, 0) is 18.2 Å². The predicted molar refractivity (Wildman–Crippen MR) is 81.1 cm³/mol. The summed E-state index contributed by atoms with van der Waals surface area (Å²) in [4.78, 5) is 4.61. The summed E-state index contributed by atoms with van der Waals surface area (Å²) in [6.45, 7) is 5.03. The Morgan fingerprint density at radius 2 is 2.21 bits per heavy atom. The third-order valence-corrected chi connectivity index (χ3v) is 3.88. The summed E-state index contributed by atoms with van der Waals surface area (Å²) < 4.78 is 5.15. The molecule has 0 saturated carbocycles. The Labute approximate surface area is 122 Å². The lowest BCUT2D eigenvalue weighted by atomic mass is 10.2. The molecule has 0 aliphatic heterocycles. The van der Waals surface area contributed by atoms with Crippen LogP contribution in [0.5, 0.6) is 5.75 Å². The first-order chi connectivity index (χ1) is 9.10. The molecule has 5 heteroatoms. The van der Waals surface area contributed by atoms with Crippen molar-refractivity contribution in [2.24, 2.45) is 0 Å². The third kappa shape index (κ3) is 3.69. The van der Waals surface area contributed by atoms with E-state index in [4.69, 9.17) is 16.3 Å². The zero-order chi connectivity index (χ0) is 13.8. The van der Waals surface area contributed by atoms with Gasteiger partial charge in [0.1, 0.15) is 10.8 Å². The van der Waals surface area contributed by atoms with Crippen molar-refractivity contribution in [3.63, 3.8) is 0 Å². The van der Waals surface area contributed by atoms with Crippen LogP contribution < -0.4 is 10.1 Å². The van der Waals surface area contributed by atoms with E-state index in [9.17, 15) is 0 Å². The van der Waals surface area contributed by atoms with Gasteiger partial charge in [-0.3, -0.25) is 0 Å². The normalized spacial score (nSPS) is 11.0. The van der Waals surface area contributed by atoms with Gasteiger partial charge in [0.25, 0.3) is 0 Å². The number of thiazole rings is 1. The van der Waals surface area contributed by atoms with Crippen LogP contribution in [0.4, 0.5) is 0 Å². The van der Waals surface area contributed by atoms with Gasteiger partial charge in [-0.15, -0.1) is 11.3 Å². The van der Waals surface area contributed by atoms with Crippen LogP contribution in [0.2, 0.25) is 5.02 Å². The third-order valence-electron chi connectivity index (χ3n) is 2.64. The summed E-state index contributed by atoms with van der Waals surface area (Å²) in [6.07, 6.45) is 0. The second-order valence-corrected chi connectivity index (χ2v) is 5.79. The lowest BCUT2D eigenvalue weighted by Crippen LogP contribution is -2.21. The number of nitrogens with zero attached hydrogens (tertiary/aromatic N) is 1. The molecule has 1 N–H and O–H groups in total. The van der Waals surface area contributed by atoms with E-state index in [1.807, 2.05) is 18.2 Å². The summed E-state index contributed by atoms with van der Waals surface area (Å²) >= 11 is 7.75. The zero-order valence-corrected chi connectivity index (χ0v) is 12.8. The van der Waals surface area contributed by atoms with Crippen molar-refractivity contribution in [2.75, 3.05) is 7.11 Å². The van der Waals surface area contributed by atoms with Gasteiger partial charge < -0.3 is 10.1 Å². The summed E-state index contributed by atoms with van der Waals surface area (Å²) in [7, 11) is 1.61. The van der Waals surface area contributed by atoms with Gasteiger partial charge in [-0.2, -0.15) is 0 Å². The number of methoxy groups -OCH3 is 1. The van der Waals surface area contributed by atoms with Gasteiger partial charge in [0.05, 0.1) is 17.8 Å². The van der Waals surface area contributed by atoms with E-state index < -0.39 is 0 Å². The number of hydrogen-bond acceptors (Lipinski definition) is 4. The van der Waals surface area contributed by atoms with Crippen molar-refractivity contribution in [2.45, 2.75) is 26.4 Å². The molecule has 1 aromatic heterocycles. The molecule has 2 aromatic rings. The van der Waals surface area contributed by atoms with E-state index in [1.54, 1.807) is 18.4 Å². The fourth-order valence-corrected chi connectivity index (χ4v) is 2.70. The monoisotopic (exact) mass is 296 g/mol. The topological polar surface area (TPSA) is 34.1 Å². The highest BCUT2D eigenvalue weighted by atomic mass is 35.5. The summed E-state index contributed by atoms with van der Waals surface area (Å²) in [5.41, 5.74) is 2.08. The highest BCUT2D eigenvalue weighted by Crippen LogP contribution is 2.31. The summed E-state index contributed by atoms with van der Waals surface area (Å²) in [5, 5.41) is 7.01. The van der Waals surface area contributed by atoms with Crippen LogP contribution in [0.15, 0.2) is 23.6 Å². The Hall–Kier alpha value is -1.10. The zero-order valence-electron chi connectivity index (χ0n) is 11.2. The highest BCUT2D eigenvalue weighted by Gasteiger charge is 2.08. The Kier molecular flexibility index (Phi) is 4.80. The molecule has 0 bridgehead atoms. The Morgan fingerprint density at radius 3 is 2.84 bits per heavy atom. The van der Waals surface area contributed by atoms with E-state index in [2.05, 4.69) is 29.5 Å². The fraction of sp³-hybridized carbons (Fsp3) is 0.357.